The van der Waals surface area contributed by atoms with Crippen LogP contribution in [0.5, 0.6) is 0 Å². The Morgan fingerprint density at radius 1 is 1.25 bits per heavy atom. The van der Waals surface area contributed by atoms with Gasteiger partial charge in [-0.3, -0.25) is 0 Å². The van der Waals surface area contributed by atoms with E-state index in [1.807, 2.05) is 24.3 Å². The molecule has 1 saturated heterocycles. The van der Waals surface area contributed by atoms with E-state index in [2.05, 4.69) is 27.2 Å². The molecular formula is C15H19ClN4. The minimum atomic E-state index is 0.301. The van der Waals surface area contributed by atoms with Crippen molar-refractivity contribution in [3.63, 3.8) is 0 Å². The van der Waals surface area contributed by atoms with Gasteiger partial charge in [-0.15, -0.1) is 0 Å². The minimum Gasteiger partial charge on any atom is -0.369 e. The molecule has 0 bridgehead atoms. The summed E-state index contributed by atoms with van der Waals surface area (Å²) in [5.41, 5.74) is 0.887. The predicted molar refractivity (Wildman–Crippen MR) is 83.3 cm³/mol. The number of benzene rings is 1. The number of halogens is 1. The number of piperidine rings is 1. The van der Waals surface area contributed by atoms with Crippen LogP contribution in [0, 0.1) is 5.92 Å². The second kappa shape index (κ2) is 5.94. The first-order chi connectivity index (χ1) is 9.72. The third-order valence-corrected chi connectivity index (χ3v) is 4.14. The lowest BCUT2D eigenvalue weighted by Gasteiger charge is -2.29. The predicted octanol–water partition coefficient (Wildman–Crippen LogP) is 3.04. The molecule has 1 aliphatic heterocycles. The molecule has 1 fully saturated rings. The quantitative estimate of drug-likeness (QED) is 0.882. The molecule has 0 radical (unpaired) electrons. The standard InChI is InChI=1S/C15H19ClN4/c1-20-8-6-11(7-9-20)10-17-14-12-4-2-3-5-13(12)18-15(16)19-14/h2-5,11H,6-10H2,1H3,(H,17,18,19). The monoisotopic (exact) mass is 290 g/mol. The Labute approximate surface area is 124 Å². The molecule has 2 heterocycles. The van der Waals surface area contributed by atoms with E-state index in [1.54, 1.807) is 0 Å². The van der Waals surface area contributed by atoms with E-state index in [-0.39, 0.29) is 0 Å². The van der Waals surface area contributed by atoms with Gasteiger partial charge in [-0.25, -0.2) is 9.97 Å². The Morgan fingerprint density at radius 3 is 2.80 bits per heavy atom. The molecule has 0 spiro atoms. The van der Waals surface area contributed by atoms with Gasteiger partial charge >= 0.3 is 0 Å². The molecule has 0 amide bonds. The highest BCUT2D eigenvalue weighted by Gasteiger charge is 2.17. The van der Waals surface area contributed by atoms with Crippen LogP contribution >= 0.6 is 11.6 Å². The van der Waals surface area contributed by atoms with Crippen molar-refractivity contribution in [3.05, 3.63) is 29.5 Å². The smallest absolute Gasteiger partial charge is 0.224 e. The van der Waals surface area contributed by atoms with Crippen LogP contribution in [0.4, 0.5) is 5.82 Å². The zero-order valence-corrected chi connectivity index (χ0v) is 12.4. The van der Waals surface area contributed by atoms with Gasteiger partial charge in [-0.2, -0.15) is 0 Å². The van der Waals surface area contributed by atoms with Crippen molar-refractivity contribution in [1.82, 2.24) is 14.9 Å². The van der Waals surface area contributed by atoms with Gasteiger partial charge in [0, 0.05) is 11.9 Å². The maximum absolute atomic E-state index is 6.00. The van der Waals surface area contributed by atoms with E-state index in [0.29, 0.717) is 11.2 Å². The molecular weight excluding hydrogens is 272 g/mol. The fourth-order valence-electron chi connectivity index (χ4n) is 2.69. The summed E-state index contributed by atoms with van der Waals surface area (Å²) in [4.78, 5) is 11.0. The average molecular weight is 291 g/mol. The van der Waals surface area contributed by atoms with Crippen LogP contribution < -0.4 is 5.32 Å². The average Bonchev–Trinajstić information content (AvgIpc) is 2.46. The van der Waals surface area contributed by atoms with E-state index in [1.165, 1.54) is 25.9 Å². The molecule has 0 aliphatic carbocycles. The van der Waals surface area contributed by atoms with Crippen molar-refractivity contribution in [1.29, 1.82) is 0 Å². The van der Waals surface area contributed by atoms with Crippen molar-refractivity contribution >= 4 is 28.3 Å². The second-order valence-corrected chi connectivity index (χ2v) is 5.82. The summed E-state index contributed by atoms with van der Waals surface area (Å²) in [6.45, 7) is 3.31. The summed E-state index contributed by atoms with van der Waals surface area (Å²) in [6, 6.07) is 7.96. The van der Waals surface area contributed by atoms with Crippen LogP contribution in [0.2, 0.25) is 5.28 Å². The summed E-state index contributed by atoms with van der Waals surface area (Å²) < 4.78 is 0. The first kappa shape index (κ1) is 13.6. The van der Waals surface area contributed by atoms with Crippen LogP contribution in [0.1, 0.15) is 12.8 Å². The number of anilines is 1. The summed E-state index contributed by atoms with van der Waals surface area (Å²) in [5.74, 6) is 1.55. The van der Waals surface area contributed by atoms with Gasteiger partial charge in [0.2, 0.25) is 5.28 Å². The molecule has 0 atom stereocenters. The van der Waals surface area contributed by atoms with Crippen molar-refractivity contribution in [2.75, 3.05) is 32.0 Å². The fourth-order valence-corrected chi connectivity index (χ4v) is 2.87. The molecule has 4 nitrogen and oxygen atoms in total. The van der Waals surface area contributed by atoms with Gasteiger partial charge in [-0.1, -0.05) is 12.1 Å². The number of nitrogens with zero attached hydrogens (tertiary/aromatic N) is 3. The molecule has 0 unspecified atom stereocenters. The van der Waals surface area contributed by atoms with Crippen LogP contribution in [0.25, 0.3) is 10.9 Å². The molecule has 5 heteroatoms. The third kappa shape index (κ3) is 3.02. The number of aromatic nitrogens is 2. The number of nitrogens with one attached hydrogen (secondary N) is 1. The van der Waals surface area contributed by atoms with Gasteiger partial charge < -0.3 is 10.2 Å². The van der Waals surface area contributed by atoms with Crippen LogP contribution in [0.3, 0.4) is 0 Å². The number of hydrogen-bond acceptors (Lipinski definition) is 4. The zero-order valence-electron chi connectivity index (χ0n) is 11.6. The fraction of sp³-hybridized carbons (Fsp3) is 0.467. The third-order valence-electron chi connectivity index (χ3n) is 3.97. The molecule has 2 aromatic rings. The highest BCUT2D eigenvalue weighted by Crippen LogP contribution is 2.23. The van der Waals surface area contributed by atoms with Crippen LogP contribution in [-0.4, -0.2) is 41.5 Å². The lowest BCUT2D eigenvalue weighted by Crippen LogP contribution is -2.33. The number of hydrogen-bond donors (Lipinski definition) is 1. The molecule has 1 aromatic carbocycles. The first-order valence-corrected chi connectivity index (χ1v) is 7.45. The Balaban J connectivity index is 1.74. The Kier molecular flexibility index (Phi) is 4.03. The van der Waals surface area contributed by atoms with E-state index < -0.39 is 0 Å². The summed E-state index contributed by atoms with van der Waals surface area (Å²) >= 11 is 6.00. The highest BCUT2D eigenvalue weighted by molar-refractivity contribution is 6.28. The van der Waals surface area contributed by atoms with E-state index >= 15 is 0 Å². The highest BCUT2D eigenvalue weighted by atomic mass is 35.5. The van der Waals surface area contributed by atoms with Crippen LogP contribution in [-0.2, 0) is 0 Å². The van der Waals surface area contributed by atoms with E-state index in [4.69, 9.17) is 11.6 Å². The normalized spacial score (nSPS) is 17.5. The number of fused-ring (bicyclic) bond motifs is 1. The van der Waals surface area contributed by atoms with Gasteiger partial charge in [0.15, 0.2) is 0 Å². The lowest BCUT2D eigenvalue weighted by atomic mass is 9.97. The van der Waals surface area contributed by atoms with Crippen molar-refractivity contribution in [2.45, 2.75) is 12.8 Å². The van der Waals surface area contributed by atoms with Gasteiger partial charge in [0.25, 0.3) is 0 Å². The van der Waals surface area contributed by atoms with Gasteiger partial charge in [0.1, 0.15) is 5.82 Å². The molecule has 20 heavy (non-hydrogen) atoms. The Morgan fingerprint density at radius 2 is 2.00 bits per heavy atom. The number of para-hydroxylation sites is 1. The van der Waals surface area contributed by atoms with E-state index in [9.17, 15) is 0 Å². The minimum absolute atomic E-state index is 0.301. The molecule has 3 rings (SSSR count). The Hall–Kier alpha value is -1.39. The van der Waals surface area contributed by atoms with Crippen LogP contribution in [0.15, 0.2) is 24.3 Å². The maximum Gasteiger partial charge on any atom is 0.224 e. The molecule has 106 valence electrons. The van der Waals surface area contributed by atoms with Crippen molar-refractivity contribution < 1.29 is 0 Å². The van der Waals surface area contributed by atoms with Gasteiger partial charge in [-0.05, 0) is 62.6 Å². The van der Waals surface area contributed by atoms with Crippen molar-refractivity contribution in [3.8, 4) is 0 Å². The Bertz CT molecular complexity index is 593. The summed E-state index contributed by atoms with van der Waals surface area (Å²) in [5, 5.41) is 4.79. The summed E-state index contributed by atoms with van der Waals surface area (Å²) in [6.07, 6.45) is 2.47. The largest absolute Gasteiger partial charge is 0.369 e. The van der Waals surface area contributed by atoms with Gasteiger partial charge in [0.05, 0.1) is 5.52 Å². The van der Waals surface area contributed by atoms with Crippen molar-refractivity contribution in [2.24, 2.45) is 5.92 Å². The first-order valence-electron chi connectivity index (χ1n) is 7.07. The topological polar surface area (TPSA) is 41.0 Å². The zero-order chi connectivity index (χ0) is 13.9. The number of rotatable bonds is 3. The number of likely N-dealkylation sites (tertiary alicyclic amines) is 1. The molecule has 1 aliphatic rings. The molecule has 0 saturated carbocycles. The maximum atomic E-state index is 6.00. The van der Waals surface area contributed by atoms with E-state index in [0.717, 1.165) is 23.3 Å². The summed E-state index contributed by atoms with van der Waals surface area (Å²) in [7, 11) is 2.18. The second-order valence-electron chi connectivity index (χ2n) is 5.49. The molecule has 1 aromatic heterocycles. The SMILES string of the molecule is CN1CCC(CNc2nc(Cl)nc3ccccc23)CC1. The lowest BCUT2D eigenvalue weighted by molar-refractivity contribution is 0.226. The molecule has 1 N–H and O–H groups in total.